The number of anilines is 2. The summed E-state index contributed by atoms with van der Waals surface area (Å²) in [6.45, 7) is 4.34. The minimum absolute atomic E-state index is 0.00929. The van der Waals surface area contributed by atoms with Crippen LogP contribution in [-0.2, 0) is 11.3 Å². The fraction of sp³-hybridized carbons (Fsp3) is 0.280. The van der Waals surface area contributed by atoms with Gasteiger partial charge in [-0.2, -0.15) is 5.10 Å². The van der Waals surface area contributed by atoms with Crippen LogP contribution in [0.25, 0.3) is 21.9 Å². The number of aromatic nitrogens is 4. The second-order valence-corrected chi connectivity index (χ2v) is 8.79. The van der Waals surface area contributed by atoms with Gasteiger partial charge in [-0.15, -0.1) is 0 Å². The van der Waals surface area contributed by atoms with Crippen molar-refractivity contribution in [2.45, 2.75) is 26.3 Å². The lowest BCUT2D eigenvalue weighted by Gasteiger charge is -2.12. The Morgan fingerprint density at radius 3 is 2.85 bits per heavy atom. The molecule has 3 aromatic heterocycles. The number of pyridine rings is 2. The van der Waals surface area contributed by atoms with E-state index in [4.69, 9.17) is 10.8 Å². The highest BCUT2D eigenvalue weighted by Crippen LogP contribution is 2.54. The number of nitrogens with zero attached hydrogens (tertiary/aromatic N) is 4. The highest BCUT2D eigenvalue weighted by molar-refractivity contribution is 6.00. The van der Waals surface area contributed by atoms with Gasteiger partial charge in [-0.05, 0) is 47.6 Å². The summed E-state index contributed by atoms with van der Waals surface area (Å²) in [7, 11) is 0. The maximum atomic E-state index is 15.0. The number of fused-ring (bicyclic) bond motifs is 1. The van der Waals surface area contributed by atoms with E-state index in [-0.39, 0.29) is 36.0 Å². The van der Waals surface area contributed by atoms with Crippen LogP contribution in [0.5, 0.6) is 0 Å². The number of hydrogen-bond donors (Lipinski definition) is 3. The van der Waals surface area contributed by atoms with E-state index < -0.39 is 5.82 Å². The molecule has 1 aliphatic rings. The minimum atomic E-state index is -0.515. The molecule has 3 heterocycles. The lowest BCUT2D eigenvalue weighted by molar-refractivity contribution is -0.117. The summed E-state index contributed by atoms with van der Waals surface area (Å²) in [5.74, 6) is -0.228. The Kier molecular flexibility index (Phi) is 5.49. The maximum absolute atomic E-state index is 15.0. The standard InChI is InChI=1S/C25H25FN6O2/c1-13-3-4-28-10-18(13)17-7-15-8-20(29-11-19(15)24(27)23(17)26)31-25(34)22-14(2)21(22)16-9-30-32(12-16)5-6-33/h3-4,7-12,14,21-22,33H,5-6,27H2,1-2H3,(H,29,31,34)/t14-,21-,22?/m0/s1. The van der Waals surface area contributed by atoms with E-state index >= 15 is 4.39 Å². The van der Waals surface area contributed by atoms with E-state index in [0.717, 1.165) is 11.1 Å². The van der Waals surface area contributed by atoms with Gasteiger partial charge in [0, 0.05) is 53.1 Å². The van der Waals surface area contributed by atoms with Crippen molar-refractivity contribution in [2.75, 3.05) is 17.7 Å². The smallest absolute Gasteiger partial charge is 0.229 e. The molecule has 4 N–H and O–H groups in total. The zero-order valence-electron chi connectivity index (χ0n) is 18.9. The normalized spacial score (nSPS) is 19.4. The number of aliphatic hydroxyl groups is 1. The van der Waals surface area contributed by atoms with Gasteiger partial charge in [0.25, 0.3) is 0 Å². The number of carbonyl (C=O) groups is 1. The van der Waals surface area contributed by atoms with Crippen LogP contribution in [0.4, 0.5) is 15.9 Å². The van der Waals surface area contributed by atoms with Gasteiger partial charge in [0.2, 0.25) is 5.91 Å². The average molecular weight is 461 g/mol. The highest BCUT2D eigenvalue weighted by Gasteiger charge is 2.53. The number of nitrogens with one attached hydrogen (secondary N) is 1. The number of rotatable bonds is 6. The Labute approximate surface area is 195 Å². The Bertz CT molecular complexity index is 1400. The summed E-state index contributed by atoms with van der Waals surface area (Å²) >= 11 is 0. The van der Waals surface area contributed by atoms with Crippen LogP contribution in [-0.4, -0.2) is 37.4 Å². The quantitative estimate of drug-likeness (QED) is 0.379. The van der Waals surface area contributed by atoms with Gasteiger partial charge in [0.1, 0.15) is 5.82 Å². The highest BCUT2D eigenvalue weighted by atomic mass is 19.1. The van der Waals surface area contributed by atoms with Gasteiger partial charge >= 0.3 is 0 Å². The van der Waals surface area contributed by atoms with Gasteiger partial charge in [0.05, 0.1) is 25.0 Å². The summed E-state index contributed by atoms with van der Waals surface area (Å²) in [6, 6.07) is 5.23. The lowest BCUT2D eigenvalue weighted by Crippen LogP contribution is -2.16. The largest absolute Gasteiger partial charge is 0.396 e. The monoisotopic (exact) mass is 460 g/mol. The summed E-state index contributed by atoms with van der Waals surface area (Å²) < 4.78 is 16.7. The fourth-order valence-corrected chi connectivity index (χ4v) is 4.67. The molecule has 1 aliphatic carbocycles. The molecule has 1 fully saturated rings. The van der Waals surface area contributed by atoms with Crippen LogP contribution in [0.2, 0.25) is 0 Å². The first-order valence-corrected chi connectivity index (χ1v) is 11.1. The SMILES string of the molecule is Cc1ccncc1-c1cc2cc(NC(=O)C3[C@@H](C)[C@H]3c3cnn(CCO)c3)ncc2c(N)c1F. The van der Waals surface area contributed by atoms with E-state index in [2.05, 4.69) is 20.4 Å². The third kappa shape index (κ3) is 3.77. The van der Waals surface area contributed by atoms with Crippen LogP contribution < -0.4 is 11.1 Å². The van der Waals surface area contributed by atoms with Crippen LogP contribution in [0, 0.1) is 24.6 Å². The predicted octanol–water partition coefficient (Wildman–Crippen LogP) is 3.50. The van der Waals surface area contributed by atoms with Crippen LogP contribution >= 0.6 is 0 Å². The molecule has 1 saturated carbocycles. The number of aryl methyl sites for hydroxylation is 1. The summed E-state index contributed by atoms with van der Waals surface area (Å²) in [6.07, 6.45) is 8.37. The van der Waals surface area contributed by atoms with Crippen molar-refractivity contribution in [3.63, 3.8) is 0 Å². The third-order valence-corrected chi connectivity index (χ3v) is 6.63. The van der Waals surface area contributed by atoms with E-state index in [0.29, 0.717) is 34.3 Å². The first-order valence-electron chi connectivity index (χ1n) is 11.1. The van der Waals surface area contributed by atoms with Gasteiger partial charge in [-0.1, -0.05) is 6.92 Å². The molecule has 1 aromatic carbocycles. The maximum Gasteiger partial charge on any atom is 0.229 e. The molecule has 0 bridgehead atoms. The molecule has 4 aromatic rings. The zero-order chi connectivity index (χ0) is 24.0. The molecule has 0 saturated heterocycles. The van der Waals surface area contributed by atoms with Gasteiger partial charge in [-0.25, -0.2) is 9.37 Å². The molecule has 5 rings (SSSR count). The molecule has 8 nitrogen and oxygen atoms in total. The van der Waals surface area contributed by atoms with E-state index in [1.165, 1.54) is 6.20 Å². The predicted molar refractivity (Wildman–Crippen MR) is 127 cm³/mol. The first kappa shape index (κ1) is 22.0. The van der Waals surface area contributed by atoms with Crippen LogP contribution in [0.1, 0.15) is 24.0 Å². The number of aliphatic hydroxyl groups excluding tert-OH is 1. The van der Waals surface area contributed by atoms with Crippen LogP contribution in [0.15, 0.2) is 49.2 Å². The van der Waals surface area contributed by atoms with Crippen molar-refractivity contribution in [1.29, 1.82) is 0 Å². The molecular formula is C25H25FN6O2. The second kappa shape index (κ2) is 8.49. The lowest BCUT2D eigenvalue weighted by atomic mass is 9.98. The fourth-order valence-electron chi connectivity index (χ4n) is 4.67. The van der Waals surface area contributed by atoms with Crippen molar-refractivity contribution < 1.29 is 14.3 Å². The number of hydrogen-bond acceptors (Lipinski definition) is 6. The zero-order valence-corrected chi connectivity index (χ0v) is 18.9. The molecule has 9 heteroatoms. The molecule has 1 unspecified atom stereocenters. The Morgan fingerprint density at radius 1 is 1.26 bits per heavy atom. The van der Waals surface area contributed by atoms with E-state index in [1.54, 1.807) is 35.4 Å². The van der Waals surface area contributed by atoms with Crippen molar-refractivity contribution in [3.8, 4) is 11.1 Å². The van der Waals surface area contributed by atoms with E-state index in [9.17, 15) is 4.79 Å². The number of nitrogen functional groups attached to an aromatic ring is 1. The van der Waals surface area contributed by atoms with E-state index in [1.807, 2.05) is 26.1 Å². The Balaban J connectivity index is 1.40. The van der Waals surface area contributed by atoms with Crippen LogP contribution in [0.3, 0.4) is 0 Å². The summed E-state index contributed by atoms with van der Waals surface area (Å²) in [4.78, 5) is 21.4. The molecule has 3 atom stereocenters. The number of amides is 1. The van der Waals surface area contributed by atoms with Gasteiger partial charge in [0.15, 0.2) is 5.82 Å². The Hall–Kier alpha value is -3.85. The first-order chi connectivity index (χ1) is 16.4. The summed E-state index contributed by atoms with van der Waals surface area (Å²) in [5.41, 5.74) is 8.98. The van der Waals surface area contributed by atoms with Gasteiger partial charge in [-0.3, -0.25) is 14.5 Å². The van der Waals surface area contributed by atoms with Crippen molar-refractivity contribution in [2.24, 2.45) is 11.8 Å². The number of carbonyl (C=O) groups excluding carboxylic acids is 1. The average Bonchev–Trinajstić information content (AvgIpc) is 3.27. The van der Waals surface area contributed by atoms with Crippen molar-refractivity contribution in [1.82, 2.24) is 19.7 Å². The Morgan fingerprint density at radius 2 is 2.09 bits per heavy atom. The molecule has 0 radical (unpaired) electrons. The summed E-state index contributed by atoms with van der Waals surface area (Å²) in [5, 5.41) is 17.4. The molecule has 0 spiro atoms. The number of nitrogens with two attached hydrogens (primary N) is 1. The number of halogens is 1. The van der Waals surface area contributed by atoms with Crippen molar-refractivity contribution >= 4 is 28.2 Å². The number of benzene rings is 1. The second-order valence-electron chi connectivity index (χ2n) is 8.79. The molecule has 34 heavy (non-hydrogen) atoms. The molecule has 174 valence electrons. The third-order valence-electron chi connectivity index (χ3n) is 6.63. The minimum Gasteiger partial charge on any atom is -0.396 e. The topological polar surface area (TPSA) is 119 Å². The molecule has 1 amide bonds. The van der Waals surface area contributed by atoms with Crippen molar-refractivity contribution in [3.05, 3.63) is 66.1 Å². The molecule has 0 aliphatic heterocycles. The molecular weight excluding hydrogens is 435 g/mol. The van der Waals surface area contributed by atoms with Gasteiger partial charge < -0.3 is 16.2 Å².